The lowest BCUT2D eigenvalue weighted by molar-refractivity contribution is -0.381. The van der Waals surface area contributed by atoms with Crippen LogP contribution in [0.4, 0.5) is 0 Å². The van der Waals surface area contributed by atoms with Crippen molar-refractivity contribution in [1.29, 1.82) is 0 Å². The third-order valence-corrected chi connectivity index (χ3v) is 11.7. The number of fused-ring (bicyclic) bond motifs is 3. The average molecular weight is 542 g/mol. The van der Waals surface area contributed by atoms with Crippen LogP contribution in [0.25, 0.3) is 0 Å². The van der Waals surface area contributed by atoms with Crippen molar-refractivity contribution in [3.05, 3.63) is 0 Å². The van der Waals surface area contributed by atoms with E-state index in [9.17, 15) is 20.4 Å². The quantitative estimate of drug-likeness (QED) is 0.233. The van der Waals surface area contributed by atoms with Gasteiger partial charge in [0, 0.05) is 17.3 Å². The lowest BCUT2D eigenvalue weighted by atomic mass is 9.76. The molecule has 37 heavy (non-hydrogen) atoms. The molecule has 212 valence electrons. The number of aliphatic hydroxyl groups excluding tert-OH is 3. The van der Waals surface area contributed by atoms with E-state index in [1.165, 1.54) is 18.6 Å². The van der Waals surface area contributed by atoms with E-state index in [0.29, 0.717) is 12.5 Å². The van der Waals surface area contributed by atoms with Gasteiger partial charge in [0.25, 0.3) is 0 Å². The lowest BCUT2D eigenvalue weighted by Gasteiger charge is -2.50. The maximum atomic E-state index is 10.7. The molecule has 5 heterocycles. The molecule has 10 heteroatoms. The zero-order chi connectivity index (χ0) is 26.6. The van der Waals surface area contributed by atoms with Gasteiger partial charge in [-0.2, -0.15) is 14.3 Å². The molecule has 0 radical (unpaired) electrons. The molecule has 2 bridgehead atoms. The summed E-state index contributed by atoms with van der Waals surface area (Å²) in [6.45, 7) is 10.5. The maximum Gasteiger partial charge on any atom is 0.181 e. The Kier molecular flexibility index (Phi) is 7.55. The number of hydrogen-bond acceptors (Lipinski definition) is 9. The summed E-state index contributed by atoms with van der Waals surface area (Å²) >= 11 is 0. The molecule has 2 saturated heterocycles. The highest BCUT2D eigenvalue weighted by atomic mass is 32.2. The number of ether oxygens (including phenoxy) is 2. The molecule has 0 amide bonds. The van der Waals surface area contributed by atoms with Crippen LogP contribution in [0, 0.1) is 17.3 Å². The van der Waals surface area contributed by atoms with E-state index in [2.05, 4.69) is 48.9 Å². The molecule has 0 aromatic rings. The predicted molar refractivity (Wildman–Crippen MR) is 148 cm³/mol. The average Bonchev–Trinajstić information content (AvgIpc) is 3.33. The van der Waals surface area contributed by atoms with Crippen LogP contribution in [0.15, 0.2) is 5.10 Å². The summed E-state index contributed by atoms with van der Waals surface area (Å²) in [6.07, 6.45) is 3.39. The molecule has 9 nitrogen and oxygen atoms in total. The first-order chi connectivity index (χ1) is 17.4. The minimum atomic E-state index is -1.62. The number of nitrogens with zero attached hydrogens (tertiary/aromatic N) is 2. The highest BCUT2D eigenvalue weighted by Gasteiger charge is 2.69. The third-order valence-electron chi connectivity index (χ3n) is 8.94. The van der Waals surface area contributed by atoms with Crippen LogP contribution in [0.3, 0.4) is 0 Å². The van der Waals surface area contributed by atoms with Crippen molar-refractivity contribution in [2.24, 2.45) is 22.4 Å². The van der Waals surface area contributed by atoms with E-state index < -0.39 is 45.6 Å². The van der Waals surface area contributed by atoms with Gasteiger partial charge in [0.15, 0.2) is 5.79 Å². The van der Waals surface area contributed by atoms with Crippen LogP contribution in [-0.2, 0) is 9.47 Å². The van der Waals surface area contributed by atoms with Crippen molar-refractivity contribution >= 4 is 25.8 Å². The van der Waals surface area contributed by atoms with Crippen molar-refractivity contribution in [2.45, 2.75) is 102 Å². The largest absolute Gasteiger partial charge is 0.396 e. The van der Waals surface area contributed by atoms with Gasteiger partial charge in [-0.3, -0.25) is 5.01 Å². The van der Waals surface area contributed by atoms with E-state index in [0.717, 1.165) is 44.0 Å². The third kappa shape index (κ3) is 5.50. The second-order valence-corrected chi connectivity index (χ2v) is 16.3. The van der Waals surface area contributed by atoms with Gasteiger partial charge in [0.05, 0.1) is 60.6 Å². The monoisotopic (exact) mass is 541 g/mol. The molecule has 8 atom stereocenters. The van der Waals surface area contributed by atoms with Gasteiger partial charge in [0.2, 0.25) is 0 Å². The number of aliphatic hydroxyl groups is 4. The van der Waals surface area contributed by atoms with E-state index in [4.69, 9.17) is 14.6 Å². The SMILES string of the molecule is CC(C)(CCCC1OC2(O)C(CO)C(O)C(O)C12)CC(C)(C)OCS12=CC(=NN(CC3CCCN3)C=1)C2. The Balaban J connectivity index is 1.09. The first-order valence-corrected chi connectivity index (χ1v) is 16.0. The van der Waals surface area contributed by atoms with E-state index in [-0.39, 0.29) is 17.1 Å². The Labute approximate surface area is 221 Å². The van der Waals surface area contributed by atoms with Crippen molar-refractivity contribution in [1.82, 2.24) is 10.3 Å². The number of nitrogens with one attached hydrogen (secondary N) is 1. The van der Waals surface area contributed by atoms with Gasteiger partial charge in [-0.25, -0.2) is 0 Å². The van der Waals surface area contributed by atoms with Crippen LogP contribution in [0.1, 0.15) is 66.2 Å². The lowest BCUT2D eigenvalue weighted by Crippen LogP contribution is -2.62. The molecule has 8 unspecified atom stereocenters. The van der Waals surface area contributed by atoms with Crippen molar-refractivity contribution in [3.8, 4) is 0 Å². The fourth-order valence-electron chi connectivity index (χ4n) is 7.30. The van der Waals surface area contributed by atoms with Gasteiger partial charge in [-0.05, 0) is 63.3 Å². The molecule has 5 N–H and O–H groups in total. The summed E-state index contributed by atoms with van der Waals surface area (Å²) < 4.78 is 12.3. The van der Waals surface area contributed by atoms with E-state index in [1.54, 1.807) is 0 Å². The van der Waals surface area contributed by atoms with Crippen LogP contribution in [0.2, 0.25) is 0 Å². The maximum absolute atomic E-state index is 10.7. The summed E-state index contributed by atoms with van der Waals surface area (Å²) in [5.41, 5.74) is 3.33. The molecule has 3 fully saturated rings. The van der Waals surface area contributed by atoms with Gasteiger partial charge in [0.1, 0.15) is 0 Å². The molecular weight excluding hydrogens is 494 g/mol. The molecule has 0 aromatic carbocycles. The smallest absolute Gasteiger partial charge is 0.181 e. The summed E-state index contributed by atoms with van der Waals surface area (Å²) in [6, 6.07) is 0.532. The van der Waals surface area contributed by atoms with Gasteiger partial charge in [-0.1, -0.05) is 20.3 Å². The molecule has 6 aliphatic rings. The van der Waals surface area contributed by atoms with E-state index >= 15 is 0 Å². The first-order valence-electron chi connectivity index (χ1n) is 13.9. The van der Waals surface area contributed by atoms with Crippen LogP contribution < -0.4 is 5.32 Å². The van der Waals surface area contributed by atoms with Gasteiger partial charge in [-0.15, -0.1) is 0 Å². The molecule has 6 rings (SSSR count). The Morgan fingerprint density at radius 1 is 1.27 bits per heavy atom. The molecule has 1 aliphatic carbocycles. The highest BCUT2D eigenvalue weighted by molar-refractivity contribution is 8.32. The van der Waals surface area contributed by atoms with Gasteiger partial charge < -0.3 is 35.2 Å². The topological polar surface area (TPSA) is 127 Å². The minimum absolute atomic E-state index is 0.0460. The molecular formula is C27H47N3O6S. The van der Waals surface area contributed by atoms with Crippen molar-refractivity contribution < 1.29 is 29.9 Å². The zero-order valence-corrected chi connectivity index (χ0v) is 23.6. The molecule has 5 aliphatic heterocycles. The normalized spacial score (nSPS) is 40.9. The Morgan fingerprint density at radius 3 is 2.70 bits per heavy atom. The highest BCUT2D eigenvalue weighted by Crippen LogP contribution is 2.54. The van der Waals surface area contributed by atoms with Gasteiger partial charge >= 0.3 is 0 Å². The standard InChI is InChI=1S/C27H47N3O6S/c1-25(2,9-5-8-21-22-24(33)23(32)20(12-31)27(22,34)36-21)15-26(3,4)35-17-37-13-19(14-37)29-30(16-37)11-18-7-6-10-28-18/h13,16,18,20-24,28,31-34H,5-12,14-15,17H2,1-4H3. The van der Waals surface area contributed by atoms with Crippen molar-refractivity contribution in [2.75, 3.05) is 31.4 Å². The summed E-state index contributed by atoms with van der Waals surface area (Å²) in [7, 11) is -1.04. The van der Waals surface area contributed by atoms with Crippen LogP contribution in [-0.4, -0.2) is 109 Å². The summed E-state index contributed by atoms with van der Waals surface area (Å²) in [5.74, 6) is -1.25. The molecule has 1 saturated carbocycles. The Morgan fingerprint density at radius 2 is 2.03 bits per heavy atom. The number of hydrazone groups is 1. The number of hydrogen-bond donors (Lipinski definition) is 5. The Hall–Kier alpha value is -0.720. The number of rotatable bonds is 12. The molecule has 0 aromatic heterocycles. The fraction of sp³-hybridized carbons (Fsp3) is 0.889. The zero-order valence-electron chi connectivity index (χ0n) is 22.8. The van der Waals surface area contributed by atoms with E-state index in [1.807, 2.05) is 0 Å². The minimum Gasteiger partial charge on any atom is -0.396 e. The summed E-state index contributed by atoms with van der Waals surface area (Å²) in [5, 5.41) is 53.5. The first kappa shape index (κ1) is 27.8. The van der Waals surface area contributed by atoms with Crippen LogP contribution >= 0.6 is 9.21 Å². The van der Waals surface area contributed by atoms with Crippen LogP contribution in [0.5, 0.6) is 0 Å². The second kappa shape index (κ2) is 10.0. The molecule has 0 spiro atoms. The predicted octanol–water partition coefficient (Wildman–Crippen LogP) is 1.18. The van der Waals surface area contributed by atoms with Crippen molar-refractivity contribution in [3.63, 3.8) is 0 Å². The summed E-state index contributed by atoms with van der Waals surface area (Å²) in [4.78, 5) is 0. The fourth-order valence-corrected chi connectivity index (χ4v) is 9.96. The Bertz CT molecular complexity index is 1020. The second-order valence-electron chi connectivity index (χ2n) is 13.3.